The lowest BCUT2D eigenvalue weighted by Crippen LogP contribution is -1.99. The van der Waals surface area contributed by atoms with Gasteiger partial charge in [-0.2, -0.15) is 0 Å². The van der Waals surface area contributed by atoms with Gasteiger partial charge in [0.05, 0.1) is 12.7 Å². The van der Waals surface area contributed by atoms with E-state index in [9.17, 15) is 4.79 Å². The Morgan fingerprint density at radius 1 is 1.12 bits per heavy atom. The summed E-state index contributed by atoms with van der Waals surface area (Å²) in [6, 6.07) is 8.88. The van der Waals surface area contributed by atoms with Crippen molar-refractivity contribution in [2.24, 2.45) is 0 Å². The second-order valence-corrected chi connectivity index (χ2v) is 2.14. The van der Waals surface area contributed by atoms with Crippen LogP contribution in [0.15, 0.2) is 43.5 Å². The molecule has 0 amide bonds. The molecule has 0 bridgehead atoms. The molecule has 0 aliphatic heterocycles. The van der Waals surface area contributed by atoms with Gasteiger partial charge in [0, 0.05) is 0 Å². The van der Waals surface area contributed by atoms with Crippen LogP contribution in [0.2, 0.25) is 0 Å². The highest BCUT2D eigenvalue weighted by Gasteiger charge is 2.00. The quantitative estimate of drug-likeness (QED) is 0.567. The van der Waals surface area contributed by atoms with Gasteiger partial charge in [-0.15, -0.1) is 13.2 Å². The summed E-state index contributed by atoms with van der Waals surface area (Å²) < 4.78 is 4.50. The molecule has 0 fully saturated rings. The van der Waals surface area contributed by atoms with Crippen LogP contribution in [0.1, 0.15) is 10.4 Å². The van der Waals surface area contributed by atoms with Crippen LogP contribution < -0.4 is 0 Å². The zero-order valence-corrected chi connectivity index (χ0v) is 8.92. The molecule has 5 heteroatoms. The minimum absolute atomic E-state index is 0.291. The Kier molecular flexibility index (Phi) is 10.9. The van der Waals surface area contributed by atoms with E-state index in [1.54, 1.807) is 24.3 Å². The molecule has 0 unspecified atom stereocenters. The first kappa shape index (κ1) is 16.1. The molecule has 1 aromatic rings. The van der Waals surface area contributed by atoms with Crippen LogP contribution in [-0.2, 0) is 4.74 Å². The molecule has 0 atom stereocenters. The fourth-order valence-corrected chi connectivity index (χ4v) is 0.692. The van der Waals surface area contributed by atoms with Crippen molar-refractivity contribution in [1.82, 2.24) is 0 Å². The lowest BCUT2D eigenvalue weighted by atomic mass is 10.2. The Morgan fingerprint density at radius 3 is 1.81 bits per heavy atom. The van der Waals surface area contributed by atoms with E-state index in [1.165, 1.54) is 7.11 Å². The molecule has 0 heterocycles. The number of carboxylic acid groups (broad SMARTS) is 2. The summed E-state index contributed by atoms with van der Waals surface area (Å²) in [4.78, 5) is 19.3. The van der Waals surface area contributed by atoms with E-state index in [-0.39, 0.29) is 5.97 Å². The van der Waals surface area contributed by atoms with Gasteiger partial charge in [0.25, 0.3) is 0 Å². The molecular weight excluding hydrogens is 212 g/mol. The van der Waals surface area contributed by atoms with Crippen molar-refractivity contribution in [3.63, 3.8) is 0 Å². The maximum atomic E-state index is 10.8. The maximum Gasteiger partial charge on any atom is 0.503 e. The van der Waals surface area contributed by atoms with Crippen molar-refractivity contribution in [2.75, 3.05) is 7.11 Å². The molecule has 0 aromatic heterocycles. The van der Waals surface area contributed by atoms with Gasteiger partial charge >= 0.3 is 12.1 Å². The first-order valence-electron chi connectivity index (χ1n) is 4.13. The molecule has 0 radical (unpaired) electrons. The summed E-state index contributed by atoms with van der Waals surface area (Å²) in [5.41, 5.74) is 0.588. The van der Waals surface area contributed by atoms with Gasteiger partial charge < -0.3 is 14.9 Å². The van der Waals surface area contributed by atoms with Crippen LogP contribution in [-0.4, -0.2) is 29.4 Å². The van der Waals surface area contributed by atoms with Gasteiger partial charge in [-0.3, -0.25) is 0 Å². The Hall–Kier alpha value is -2.30. The predicted octanol–water partition coefficient (Wildman–Crippen LogP) is 2.50. The van der Waals surface area contributed by atoms with Crippen LogP contribution in [0.25, 0.3) is 0 Å². The molecule has 0 aliphatic rings. The van der Waals surface area contributed by atoms with E-state index in [0.717, 1.165) is 0 Å². The SMILES string of the molecule is C=C.COC(=O)c1ccccc1.O=C(O)O. The number of rotatable bonds is 1. The molecule has 0 aliphatic carbocycles. The summed E-state index contributed by atoms with van der Waals surface area (Å²) >= 11 is 0. The second-order valence-electron chi connectivity index (χ2n) is 2.14. The fraction of sp³-hybridized carbons (Fsp3) is 0.0909. The summed E-state index contributed by atoms with van der Waals surface area (Å²) in [6.07, 6.45) is -1.83. The Bertz CT molecular complexity index is 303. The maximum absolute atomic E-state index is 10.8. The highest BCUT2D eigenvalue weighted by atomic mass is 16.6. The minimum Gasteiger partial charge on any atom is -0.465 e. The zero-order valence-electron chi connectivity index (χ0n) is 8.92. The van der Waals surface area contributed by atoms with Crippen molar-refractivity contribution >= 4 is 12.1 Å². The van der Waals surface area contributed by atoms with Gasteiger partial charge in [-0.25, -0.2) is 9.59 Å². The van der Waals surface area contributed by atoms with Crippen LogP contribution in [0.5, 0.6) is 0 Å². The van der Waals surface area contributed by atoms with Crippen molar-refractivity contribution in [3.8, 4) is 0 Å². The number of benzene rings is 1. The predicted molar refractivity (Wildman–Crippen MR) is 59.7 cm³/mol. The average Bonchev–Trinajstić information content (AvgIpc) is 2.31. The third-order valence-electron chi connectivity index (χ3n) is 1.19. The normalized spacial score (nSPS) is 7.31. The highest BCUT2D eigenvalue weighted by Crippen LogP contribution is 1.98. The van der Waals surface area contributed by atoms with Gasteiger partial charge in [-0.05, 0) is 12.1 Å². The van der Waals surface area contributed by atoms with Gasteiger partial charge in [0.1, 0.15) is 0 Å². The van der Waals surface area contributed by atoms with E-state index < -0.39 is 6.16 Å². The standard InChI is InChI=1S/C8H8O2.C2H4.CH2O3/c1-10-8(9)7-5-3-2-4-6-7;1-2;2-1(3)4/h2-6H,1H3;1-2H2;(H2,2,3,4). The topological polar surface area (TPSA) is 83.8 Å². The molecule has 0 saturated heterocycles. The number of carbonyl (C=O) groups is 2. The van der Waals surface area contributed by atoms with Crippen molar-refractivity contribution in [1.29, 1.82) is 0 Å². The van der Waals surface area contributed by atoms with E-state index >= 15 is 0 Å². The van der Waals surface area contributed by atoms with E-state index in [2.05, 4.69) is 17.9 Å². The number of hydrogen-bond acceptors (Lipinski definition) is 3. The molecule has 88 valence electrons. The van der Waals surface area contributed by atoms with Gasteiger partial charge in [0.15, 0.2) is 0 Å². The summed E-state index contributed by atoms with van der Waals surface area (Å²) in [5.74, 6) is -0.291. The largest absolute Gasteiger partial charge is 0.503 e. The van der Waals surface area contributed by atoms with Gasteiger partial charge in [-0.1, -0.05) is 18.2 Å². The monoisotopic (exact) mass is 226 g/mol. The first-order valence-corrected chi connectivity index (χ1v) is 4.13. The molecular formula is C11H14O5. The summed E-state index contributed by atoms with van der Waals surface area (Å²) in [6.45, 7) is 6.00. The lowest BCUT2D eigenvalue weighted by Gasteiger charge is -1.95. The molecule has 0 saturated carbocycles. The molecule has 0 spiro atoms. The average molecular weight is 226 g/mol. The lowest BCUT2D eigenvalue weighted by molar-refractivity contribution is 0.0600. The third-order valence-corrected chi connectivity index (χ3v) is 1.19. The van der Waals surface area contributed by atoms with Crippen LogP contribution in [0.3, 0.4) is 0 Å². The molecule has 1 aromatic carbocycles. The molecule has 2 N–H and O–H groups in total. The zero-order chi connectivity index (χ0) is 13.0. The fourth-order valence-electron chi connectivity index (χ4n) is 0.692. The summed E-state index contributed by atoms with van der Waals surface area (Å²) in [5, 5.41) is 13.9. The minimum atomic E-state index is -1.83. The molecule has 5 nitrogen and oxygen atoms in total. The highest BCUT2D eigenvalue weighted by molar-refractivity contribution is 5.89. The number of methoxy groups -OCH3 is 1. The number of esters is 1. The molecule has 16 heavy (non-hydrogen) atoms. The van der Waals surface area contributed by atoms with E-state index in [1.807, 2.05) is 6.07 Å². The summed E-state index contributed by atoms with van der Waals surface area (Å²) in [7, 11) is 1.37. The smallest absolute Gasteiger partial charge is 0.465 e. The van der Waals surface area contributed by atoms with Crippen LogP contribution in [0.4, 0.5) is 4.79 Å². The van der Waals surface area contributed by atoms with Crippen molar-refractivity contribution in [2.45, 2.75) is 0 Å². The van der Waals surface area contributed by atoms with Gasteiger partial charge in [0.2, 0.25) is 0 Å². The molecule has 1 rings (SSSR count). The van der Waals surface area contributed by atoms with Crippen molar-refractivity contribution < 1.29 is 24.5 Å². The van der Waals surface area contributed by atoms with E-state index in [4.69, 9.17) is 15.0 Å². The number of carbonyl (C=O) groups excluding carboxylic acids is 1. The van der Waals surface area contributed by atoms with E-state index in [0.29, 0.717) is 5.56 Å². The second kappa shape index (κ2) is 10.8. The number of hydrogen-bond donors (Lipinski definition) is 2. The number of ether oxygens (including phenoxy) is 1. The van der Waals surface area contributed by atoms with Crippen LogP contribution in [0, 0.1) is 0 Å². The third kappa shape index (κ3) is 9.79. The Balaban J connectivity index is 0. The van der Waals surface area contributed by atoms with Crippen LogP contribution >= 0.6 is 0 Å². The van der Waals surface area contributed by atoms with Crippen molar-refractivity contribution in [3.05, 3.63) is 49.1 Å². The first-order chi connectivity index (χ1) is 7.57. The Labute approximate surface area is 93.6 Å². The Morgan fingerprint density at radius 2 is 1.50 bits per heavy atom.